The lowest BCUT2D eigenvalue weighted by Gasteiger charge is -2.16. The zero-order valence-corrected chi connectivity index (χ0v) is 11.5. The van der Waals surface area contributed by atoms with Crippen molar-refractivity contribution >= 4 is 5.97 Å². The molecule has 1 aromatic carbocycles. The van der Waals surface area contributed by atoms with Gasteiger partial charge in [0.1, 0.15) is 5.69 Å². The summed E-state index contributed by atoms with van der Waals surface area (Å²) in [6, 6.07) is 11.7. The Morgan fingerprint density at radius 2 is 2.10 bits per heavy atom. The molecular formula is C15H18N2O3. The van der Waals surface area contributed by atoms with Gasteiger partial charge in [-0.05, 0) is 6.54 Å². The molecule has 0 aliphatic carbocycles. The number of carboxylic acid groups (broad SMARTS) is 1. The molecule has 20 heavy (non-hydrogen) atoms. The third kappa shape index (κ3) is 3.93. The quantitative estimate of drug-likeness (QED) is 0.840. The Bertz CT molecular complexity index is 551. The summed E-state index contributed by atoms with van der Waals surface area (Å²) in [5.41, 5.74) is 1.81. The fraction of sp³-hybridized carbons (Fsp3) is 0.333. The van der Waals surface area contributed by atoms with E-state index in [1.54, 1.807) is 0 Å². The molecule has 0 saturated heterocycles. The van der Waals surface area contributed by atoms with E-state index in [9.17, 15) is 4.79 Å². The van der Waals surface area contributed by atoms with Crippen LogP contribution < -0.4 is 0 Å². The van der Waals surface area contributed by atoms with Crippen LogP contribution in [0.3, 0.4) is 0 Å². The molecule has 2 rings (SSSR count). The number of nitrogens with zero attached hydrogens (tertiary/aromatic N) is 2. The van der Waals surface area contributed by atoms with E-state index in [1.807, 2.05) is 48.2 Å². The largest absolute Gasteiger partial charge is 0.481 e. The minimum atomic E-state index is -0.786. The number of rotatable bonds is 7. The Labute approximate surface area is 117 Å². The van der Waals surface area contributed by atoms with Gasteiger partial charge in [0.25, 0.3) is 0 Å². The molecule has 5 heteroatoms. The molecule has 1 aromatic heterocycles. The lowest BCUT2D eigenvalue weighted by atomic mass is 10.1. The van der Waals surface area contributed by atoms with Crippen LogP contribution >= 0.6 is 0 Å². The Kier molecular flexibility index (Phi) is 4.90. The van der Waals surface area contributed by atoms with Crippen molar-refractivity contribution in [2.45, 2.75) is 19.9 Å². The number of aromatic nitrogens is 1. The minimum absolute atomic E-state index is 0.132. The second kappa shape index (κ2) is 6.86. The molecule has 5 nitrogen and oxygen atoms in total. The van der Waals surface area contributed by atoms with E-state index in [4.69, 9.17) is 9.63 Å². The Morgan fingerprint density at radius 3 is 2.75 bits per heavy atom. The molecule has 0 unspecified atom stereocenters. The van der Waals surface area contributed by atoms with Crippen molar-refractivity contribution < 1.29 is 14.4 Å². The van der Waals surface area contributed by atoms with Gasteiger partial charge in [-0.1, -0.05) is 42.4 Å². The Balaban J connectivity index is 2.00. The van der Waals surface area contributed by atoms with Gasteiger partial charge in [0.15, 0.2) is 5.76 Å². The van der Waals surface area contributed by atoms with E-state index < -0.39 is 5.97 Å². The third-order valence-electron chi connectivity index (χ3n) is 3.10. The monoisotopic (exact) mass is 274 g/mol. The van der Waals surface area contributed by atoms with E-state index in [-0.39, 0.29) is 6.42 Å². The van der Waals surface area contributed by atoms with Crippen LogP contribution in [0.5, 0.6) is 0 Å². The van der Waals surface area contributed by atoms with Crippen LogP contribution in [0, 0.1) is 0 Å². The minimum Gasteiger partial charge on any atom is -0.481 e. The van der Waals surface area contributed by atoms with Crippen LogP contribution in [-0.2, 0) is 11.3 Å². The predicted molar refractivity (Wildman–Crippen MR) is 75.1 cm³/mol. The number of hydrogen-bond acceptors (Lipinski definition) is 4. The molecule has 1 N–H and O–H groups in total. The summed E-state index contributed by atoms with van der Waals surface area (Å²) in [5.74, 6) is -0.0397. The number of carbonyl (C=O) groups is 1. The highest BCUT2D eigenvalue weighted by Gasteiger charge is 2.11. The number of hydrogen-bond donors (Lipinski definition) is 1. The van der Waals surface area contributed by atoms with Crippen LogP contribution in [0.2, 0.25) is 0 Å². The van der Waals surface area contributed by atoms with Crippen LogP contribution in [0.1, 0.15) is 19.1 Å². The summed E-state index contributed by atoms with van der Waals surface area (Å²) in [4.78, 5) is 12.6. The molecule has 2 aromatic rings. The van der Waals surface area contributed by atoms with Crippen molar-refractivity contribution in [1.29, 1.82) is 0 Å². The van der Waals surface area contributed by atoms with Crippen LogP contribution in [0.4, 0.5) is 0 Å². The first-order valence-electron chi connectivity index (χ1n) is 6.64. The summed E-state index contributed by atoms with van der Waals surface area (Å²) in [6.07, 6.45) is 0.132. The van der Waals surface area contributed by atoms with Crippen molar-refractivity contribution in [2.24, 2.45) is 0 Å². The van der Waals surface area contributed by atoms with E-state index in [2.05, 4.69) is 5.16 Å². The van der Waals surface area contributed by atoms with E-state index >= 15 is 0 Å². The summed E-state index contributed by atoms with van der Waals surface area (Å²) in [5, 5.41) is 12.8. The first-order chi connectivity index (χ1) is 9.69. The number of benzene rings is 1. The molecule has 0 saturated carbocycles. The SMILES string of the molecule is CCN(CCC(=O)O)Cc1cc(-c2ccccc2)no1. The highest BCUT2D eigenvalue weighted by atomic mass is 16.5. The van der Waals surface area contributed by atoms with Gasteiger partial charge < -0.3 is 9.63 Å². The van der Waals surface area contributed by atoms with Gasteiger partial charge in [-0.15, -0.1) is 0 Å². The molecule has 0 fully saturated rings. The molecule has 106 valence electrons. The molecule has 0 bridgehead atoms. The van der Waals surface area contributed by atoms with Crippen LogP contribution in [0.25, 0.3) is 11.3 Å². The maximum Gasteiger partial charge on any atom is 0.304 e. The molecule has 0 atom stereocenters. The average molecular weight is 274 g/mol. The first-order valence-corrected chi connectivity index (χ1v) is 6.64. The average Bonchev–Trinajstić information content (AvgIpc) is 2.92. The van der Waals surface area contributed by atoms with Crippen molar-refractivity contribution in [2.75, 3.05) is 13.1 Å². The molecular weight excluding hydrogens is 256 g/mol. The van der Waals surface area contributed by atoms with E-state index in [1.165, 1.54) is 0 Å². The van der Waals surface area contributed by atoms with Gasteiger partial charge in [0, 0.05) is 18.2 Å². The van der Waals surface area contributed by atoms with Gasteiger partial charge in [0.2, 0.25) is 0 Å². The molecule has 0 amide bonds. The van der Waals surface area contributed by atoms with E-state index in [0.29, 0.717) is 13.1 Å². The fourth-order valence-corrected chi connectivity index (χ4v) is 1.96. The fourth-order valence-electron chi connectivity index (χ4n) is 1.96. The second-order valence-corrected chi connectivity index (χ2v) is 4.56. The summed E-state index contributed by atoms with van der Waals surface area (Å²) in [7, 11) is 0. The Hall–Kier alpha value is -2.14. The smallest absolute Gasteiger partial charge is 0.304 e. The zero-order chi connectivity index (χ0) is 14.4. The maximum atomic E-state index is 10.6. The van der Waals surface area contributed by atoms with Crippen LogP contribution in [0.15, 0.2) is 40.9 Å². The third-order valence-corrected chi connectivity index (χ3v) is 3.10. The van der Waals surface area contributed by atoms with Gasteiger partial charge >= 0.3 is 5.97 Å². The van der Waals surface area contributed by atoms with E-state index in [0.717, 1.165) is 23.6 Å². The molecule has 1 heterocycles. The molecule has 0 aliphatic heterocycles. The normalized spacial score (nSPS) is 10.9. The van der Waals surface area contributed by atoms with Crippen molar-refractivity contribution in [1.82, 2.24) is 10.1 Å². The second-order valence-electron chi connectivity index (χ2n) is 4.56. The number of aliphatic carboxylic acids is 1. The van der Waals surface area contributed by atoms with Gasteiger partial charge in [-0.2, -0.15) is 0 Å². The highest BCUT2D eigenvalue weighted by Crippen LogP contribution is 2.19. The first kappa shape index (κ1) is 14.3. The number of carboxylic acids is 1. The topological polar surface area (TPSA) is 66.6 Å². The summed E-state index contributed by atoms with van der Waals surface area (Å²) < 4.78 is 5.32. The lowest BCUT2D eigenvalue weighted by molar-refractivity contribution is -0.137. The van der Waals surface area contributed by atoms with Gasteiger partial charge in [-0.25, -0.2) is 0 Å². The van der Waals surface area contributed by atoms with Gasteiger partial charge in [0.05, 0.1) is 13.0 Å². The molecule has 0 spiro atoms. The Morgan fingerprint density at radius 1 is 1.35 bits per heavy atom. The van der Waals surface area contributed by atoms with Crippen molar-refractivity contribution in [3.05, 3.63) is 42.2 Å². The maximum absolute atomic E-state index is 10.6. The predicted octanol–water partition coefficient (Wildman–Crippen LogP) is 2.64. The lowest BCUT2D eigenvalue weighted by Crippen LogP contribution is -2.25. The van der Waals surface area contributed by atoms with Crippen molar-refractivity contribution in [3.8, 4) is 11.3 Å². The van der Waals surface area contributed by atoms with Gasteiger partial charge in [-0.3, -0.25) is 9.69 Å². The highest BCUT2D eigenvalue weighted by molar-refractivity contribution is 5.66. The standard InChI is InChI=1S/C15H18N2O3/c1-2-17(9-8-15(18)19)11-13-10-14(16-20-13)12-6-4-3-5-7-12/h3-7,10H,2,8-9,11H2,1H3,(H,18,19). The summed E-state index contributed by atoms with van der Waals surface area (Å²) >= 11 is 0. The molecule has 0 radical (unpaired) electrons. The van der Waals surface area contributed by atoms with Crippen molar-refractivity contribution in [3.63, 3.8) is 0 Å². The molecule has 0 aliphatic rings. The van der Waals surface area contributed by atoms with Crippen LogP contribution in [-0.4, -0.2) is 34.2 Å². The zero-order valence-electron chi connectivity index (χ0n) is 11.5. The summed E-state index contributed by atoms with van der Waals surface area (Å²) in [6.45, 7) is 3.85.